The van der Waals surface area contributed by atoms with Crippen molar-refractivity contribution in [3.63, 3.8) is 0 Å². The number of carbonyl (C=O) groups excluding carboxylic acids is 4. The lowest BCUT2D eigenvalue weighted by Gasteiger charge is -2.44. The number of nitrogens with zero attached hydrogens (tertiary/aromatic N) is 4. The average molecular weight is 519 g/mol. The highest BCUT2D eigenvalue weighted by Gasteiger charge is 2.53. The lowest BCUT2D eigenvalue weighted by molar-refractivity contribution is -0.267. The summed E-state index contributed by atoms with van der Waals surface area (Å²) >= 11 is 12.1. The van der Waals surface area contributed by atoms with Crippen LogP contribution in [0.3, 0.4) is 0 Å². The SMILES string of the molecule is CC(=O)OC[C@H]1O[C@@H](n2cnc3c(Cl)nc(Cl)nc32)C(OC(C)=O)[C@@H](OC(C)=O)[C@@H]1OC(C)=O. The number of ether oxygens (including phenoxy) is 5. The van der Waals surface area contributed by atoms with Crippen LogP contribution in [0.4, 0.5) is 0 Å². The minimum atomic E-state index is -1.35. The smallest absolute Gasteiger partial charge is 0.303 e. The van der Waals surface area contributed by atoms with Gasteiger partial charge in [-0.15, -0.1) is 0 Å². The highest BCUT2D eigenvalue weighted by Crippen LogP contribution is 2.36. The van der Waals surface area contributed by atoms with Crippen molar-refractivity contribution in [3.05, 3.63) is 16.8 Å². The number of halogens is 2. The highest BCUT2D eigenvalue weighted by atomic mass is 35.5. The van der Waals surface area contributed by atoms with Gasteiger partial charge in [0.05, 0.1) is 6.33 Å². The highest BCUT2D eigenvalue weighted by molar-refractivity contribution is 6.35. The van der Waals surface area contributed by atoms with Crippen LogP contribution in [0.5, 0.6) is 0 Å². The van der Waals surface area contributed by atoms with Crippen molar-refractivity contribution in [2.75, 3.05) is 6.61 Å². The fraction of sp³-hybridized carbons (Fsp3) is 0.526. The number of fused-ring (bicyclic) bond motifs is 1. The van der Waals surface area contributed by atoms with Gasteiger partial charge in [0.25, 0.3) is 0 Å². The van der Waals surface area contributed by atoms with Gasteiger partial charge in [-0.1, -0.05) is 11.6 Å². The maximum absolute atomic E-state index is 12.0. The van der Waals surface area contributed by atoms with Crippen LogP contribution in [0.15, 0.2) is 6.33 Å². The Balaban J connectivity index is 2.16. The molecule has 1 aliphatic heterocycles. The molecule has 1 saturated heterocycles. The number of carbonyl (C=O) groups is 4. The summed E-state index contributed by atoms with van der Waals surface area (Å²) in [7, 11) is 0. The molecule has 184 valence electrons. The van der Waals surface area contributed by atoms with E-state index < -0.39 is 54.5 Å². The molecule has 34 heavy (non-hydrogen) atoms. The summed E-state index contributed by atoms with van der Waals surface area (Å²) in [6.07, 6.45) is -5.09. The second-order valence-electron chi connectivity index (χ2n) is 7.20. The Hall–Kier alpha value is -3.03. The molecule has 15 heteroatoms. The first-order valence-electron chi connectivity index (χ1n) is 9.84. The summed E-state index contributed by atoms with van der Waals surface area (Å²) in [4.78, 5) is 59.3. The zero-order chi connectivity index (χ0) is 25.2. The van der Waals surface area contributed by atoms with E-state index in [2.05, 4.69) is 15.0 Å². The second kappa shape index (κ2) is 10.5. The molecule has 0 spiro atoms. The van der Waals surface area contributed by atoms with Gasteiger partial charge in [-0.05, 0) is 11.6 Å². The topological polar surface area (TPSA) is 158 Å². The van der Waals surface area contributed by atoms with Crippen molar-refractivity contribution >= 4 is 58.2 Å². The Bertz CT molecular complexity index is 1120. The Morgan fingerprint density at radius 2 is 1.50 bits per heavy atom. The van der Waals surface area contributed by atoms with Gasteiger partial charge in [0, 0.05) is 27.7 Å². The number of imidazole rings is 1. The minimum Gasteiger partial charge on any atom is -0.463 e. The van der Waals surface area contributed by atoms with Crippen LogP contribution in [-0.4, -0.2) is 74.4 Å². The predicted octanol–water partition coefficient (Wildman–Crippen LogP) is 1.39. The van der Waals surface area contributed by atoms with Crippen LogP contribution < -0.4 is 0 Å². The van der Waals surface area contributed by atoms with E-state index in [9.17, 15) is 19.2 Å². The molecule has 3 rings (SSSR count). The molecule has 13 nitrogen and oxygen atoms in total. The Morgan fingerprint density at radius 3 is 2.09 bits per heavy atom. The van der Waals surface area contributed by atoms with Gasteiger partial charge in [-0.3, -0.25) is 23.7 Å². The number of hydrogen-bond acceptors (Lipinski definition) is 12. The molecular formula is C19H20Cl2N4O9. The molecule has 2 aromatic heterocycles. The van der Waals surface area contributed by atoms with E-state index in [0.717, 1.165) is 20.8 Å². The second-order valence-corrected chi connectivity index (χ2v) is 7.89. The zero-order valence-corrected chi connectivity index (χ0v) is 19.9. The van der Waals surface area contributed by atoms with Crippen LogP contribution in [0.25, 0.3) is 11.2 Å². The van der Waals surface area contributed by atoms with Crippen molar-refractivity contribution in [2.45, 2.75) is 58.3 Å². The maximum atomic E-state index is 12.0. The third-order valence-corrected chi connectivity index (χ3v) is 5.02. The van der Waals surface area contributed by atoms with Gasteiger partial charge >= 0.3 is 23.9 Å². The quantitative estimate of drug-likeness (QED) is 0.234. The molecule has 0 aliphatic carbocycles. The standard InChI is InChI=1S/C19H20Cl2N4O9/c1-7(26)30-5-11-13(31-8(2)27)14(32-9(3)28)15(33-10(4)29)18(34-11)25-6-22-12-16(20)23-19(21)24-17(12)25/h6,11,13-15,18H,5H2,1-4H3/t11-,13-,14+,15?,18-/m1/s1. The number of aromatic nitrogens is 4. The molecule has 0 saturated carbocycles. The van der Waals surface area contributed by atoms with E-state index in [1.165, 1.54) is 17.8 Å². The Kier molecular flexibility index (Phi) is 7.89. The lowest BCUT2D eigenvalue weighted by atomic mass is 9.97. The van der Waals surface area contributed by atoms with Gasteiger partial charge in [0.2, 0.25) is 5.28 Å². The third kappa shape index (κ3) is 5.72. The van der Waals surface area contributed by atoms with Crippen molar-refractivity contribution in [1.29, 1.82) is 0 Å². The van der Waals surface area contributed by atoms with Crippen LogP contribution in [0.1, 0.15) is 33.9 Å². The summed E-state index contributed by atoms with van der Waals surface area (Å²) in [5.74, 6) is -2.87. The molecule has 1 unspecified atom stereocenters. The van der Waals surface area contributed by atoms with Crippen LogP contribution in [0.2, 0.25) is 10.4 Å². The van der Waals surface area contributed by atoms with Crippen molar-refractivity contribution < 1.29 is 42.9 Å². The molecule has 1 fully saturated rings. The van der Waals surface area contributed by atoms with Crippen LogP contribution in [-0.2, 0) is 42.9 Å². The van der Waals surface area contributed by atoms with Gasteiger partial charge in [-0.25, -0.2) is 9.97 Å². The van der Waals surface area contributed by atoms with E-state index in [1.807, 2.05) is 0 Å². The Morgan fingerprint density at radius 1 is 0.912 bits per heavy atom. The van der Waals surface area contributed by atoms with Gasteiger partial charge in [0.15, 0.2) is 35.3 Å². The zero-order valence-electron chi connectivity index (χ0n) is 18.4. The fourth-order valence-corrected chi connectivity index (χ4v) is 3.89. The largest absolute Gasteiger partial charge is 0.463 e. The molecule has 0 aromatic carbocycles. The molecule has 0 amide bonds. The molecule has 2 aromatic rings. The molecule has 3 heterocycles. The first kappa shape index (κ1) is 25.6. The molecule has 0 radical (unpaired) electrons. The fourth-order valence-electron chi connectivity index (χ4n) is 3.47. The van der Waals surface area contributed by atoms with Crippen molar-refractivity contribution in [1.82, 2.24) is 19.5 Å². The summed E-state index contributed by atoms with van der Waals surface area (Å²) in [5, 5.41) is -0.232. The van der Waals surface area contributed by atoms with E-state index in [1.54, 1.807) is 0 Å². The number of esters is 4. The molecule has 5 atom stereocenters. The van der Waals surface area contributed by atoms with Crippen LogP contribution in [0, 0.1) is 0 Å². The maximum Gasteiger partial charge on any atom is 0.303 e. The van der Waals surface area contributed by atoms with Gasteiger partial charge < -0.3 is 23.7 Å². The number of hydrogen-bond donors (Lipinski definition) is 0. The van der Waals surface area contributed by atoms with E-state index in [-0.39, 0.29) is 28.2 Å². The van der Waals surface area contributed by atoms with Gasteiger partial charge in [0.1, 0.15) is 18.2 Å². The predicted molar refractivity (Wildman–Crippen MR) is 113 cm³/mol. The molecular weight excluding hydrogens is 499 g/mol. The Labute approximate surface area is 202 Å². The van der Waals surface area contributed by atoms with E-state index in [4.69, 9.17) is 46.9 Å². The van der Waals surface area contributed by atoms with Crippen molar-refractivity contribution in [2.24, 2.45) is 0 Å². The first-order valence-corrected chi connectivity index (χ1v) is 10.6. The average Bonchev–Trinajstić information content (AvgIpc) is 3.12. The summed E-state index contributed by atoms with van der Waals surface area (Å²) in [5.41, 5.74) is 0.282. The normalized spacial score (nSPS) is 24.4. The van der Waals surface area contributed by atoms with Crippen LogP contribution >= 0.6 is 23.2 Å². The third-order valence-electron chi connectivity index (χ3n) is 4.59. The minimum absolute atomic E-state index is 0.0422. The lowest BCUT2D eigenvalue weighted by Crippen LogP contribution is -2.60. The number of rotatable bonds is 6. The summed E-state index contributed by atoms with van der Waals surface area (Å²) < 4.78 is 28.6. The van der Waals surface area contributed by atoms with Gasteiger partial charge in [-0.2, -0.15) is 4.98 Å². The monoisotopic (exact) mass is 518 g/mol. The molecule has 0 N–H and O–H groups in total. The summed E-state index contributed by atoms with van der Waals surface area (Å²) in [6, 6.07) is 0. The van der Waals surface area contributed by atoms with E-state index >= 15 is 0 Å². The molecule has 1 aliphatic rings. The van der Waals surface area contributed by atoms with E-state index in [0.29, 0.717) is 0 Å². The first-order chi connectivity index (χ1) is 16.0. The molecule has 0 bridgehead atoms. The summed E-state index contributed by atoms with van der Waals surface area (Å²) in [6.45, 7) is 4.19. The van der Waals surface area contributed by atoms with Crippen molar-refractivity contribution in [3.8, 4) is 0 Å².